The first kappa shape index (κ1) is 17.8. The fraction of sp³-hybridized carbons (Fsp3) is 0.250. The molecule has 128 valence electrons. The maximum Gasteiger partial charge on any atom is 0.246 e. The van der Waals surface area contributed by atoms with Crippen LogP contribution in [0, 0.1) is 0 Å². The molecule has 1 fully saturated rings. The second kappa shape index (κ2) is 7.10. The summed E-state index contributed by atoms with van der Waals surface area (Å²) < 4.78 is 27.1. The van der Waals surface area contributed by atoms with Crippen LogP contribution in [0.1, 0.15) is 6.42 Å². The first-order chi connectivity index (χ1) is 11.4. The van der Waals surface area contributed by atoms with Gasteiger partial charge in [0.25, 0.3) is 0 Å². The minimum atomic E-state index is -3.77. The number of benzene rings is 2. The van der Waals surface area contributed by atoms with Crippen molar-refractivity contribution in [3.8, 4) is 0 Å². The highest BCUT2D eigenvalue weighted by Crippen LogP contribution is 2.35. The lowest BCUT2D eigenvalue weighted by Crippen LogP contribution is -2.32. The third-order valence-corrected chi connectivity index (χ3v) is 6.86. The molecule has 0 saturated carbocycles. The fourth-order valence-electron chi connectivity index (χ4n) is 2.74. The van der Waals surface area contributed by atoms with Crippen molar-refractivity contribution in [3.05, 3.63) is 57.5 Å². The zero-order chi connectivity index (χ0) is 17.3. The van der Waals surface area contributed by atoms with Crippen molar-refractivity contribution in [2.75, 3.05) is 18.4 Å². The van der Waals surface area contributed by atoms with Gasteiger partial charge in [0.05, 0.1) is 10.0 Å². The van der Waals surface area contributed by atoms with Crippen molar-refractivity contribution in [2.24, 2.45) is 0 Å². The molecule has 4 nitrogen and oxygen atoms in total. The number of sulfonamides is 1. The van der Waals surface area contributed by atoms with E-state index in [9.17, 15) is 8.42 Å². The van der Waals surface area contributed by atoms with Gasteiger partial charge in [-0.2, -0.15) is 4.31 Å². The predicted molar refractivity (Wildman–Crippen MR) is 98.7 cm³/mol. The number of halogens is 3. The minimum Gasteiger partial charge on any atom is -0.381 e. The van der Waals surface area contributed by atoms with Gasteiger partial charge in [0.1, 0.15) is 4.90 Å². The first-order valence-corrected chi connectivity index (χ1v) is 9.91. The Balaban J connectivity index is 1.80. The van der Waals surface area contributed by atoms with E-state index in [1.54, 1.807) is 0 Å². The van der Waals surface area contributed by atoms with Gasteiger partial charge in [0.2, 0.25) is 10.0 Å². The molecule has 0 radical (unpaired) electrons. The second-order valence-electron chi connectivity index (χ2n) is 5.56. The van der Waals surface area contributed by atoms with Crippen LogP contribution in [0.4, 0.5) is 5.69 Å². The predicted octanol–water partition coefficient (Wildman–Crippen LogP) is 4.52. The Labute approximate surface area is 156 Å². The lowest BCUT2D eigenvalue weighted by Gasteiger charge is -2.19. The van der Waals surface area contributed by atoms with Gasteiger partial charge in [-0.3, -0.25) is 0 Å². The van der Waals surface area contributed by atoms with E-state index >= 15 is 0 Å². The van der Waals surface area contributed by atoms with Gasteiger partial charge in [0.15, 0.2) is 0 Å². The summed E-state index contributed by atoms with van der Waals surface area (Å²) in [6.45, 7) is 0.759. The molecule has 1 aliphatic heterocycles. The molecule has 0 aromatic heterocycles. The molecule has 2 aromatic carbocycles. The van der Waals surface area contributed by atoms with Gasteiger partial charge >= 0.3 is 0 Å². The monoisotopic (exact) mass is 404 g/mol. The summed E-state index contributed by atoms with van der Waals surface area (Å²) >= 11 is 18.0. The average Bonchev–Trinajstić information content (AvgIpc) is 2.96. The molecule has 1 atom stereocenters. The summed E-state index contributed by atoms with van der Waals surface area (Å²) in [6, 6.07) is 12.5. The van der Waals surface area contributed by atoms with Crippen LogP contribution in [0.3, 0.4) is 0 Å². The molecule has 8 heteroatoms. The molecular formula is C16H15Cl3N2O2S. The highest BCUT2D eigenvalue weighted by atomic mass is 35.5. The third kappa shape index (κ3) is 3.65. The Hall–Kier alpha value is -0.980. The summed E-state index contributed by atoms with van der Waals surface area (Å²) in [6.07, 6.45) is 0.705. The van der Waals surface area contributed by atoms with Gasteiger partial charge in [-0.05, 0) is 30.7 Å². The standard InChI is InChI=1S/C16H15Cl3N2O2S/c17-11-8-14(18)16(15(19)9-11)24(22,23)21-7-6-13(10-21)20-12-4-2-1-3-5-12/h1-5,8-9,13,20H,6-7,10H2. The molecule has 24 heavy (non-hydrogen) atoms. The summed E-state index contributed by atoms with van der Waals surface area (Å²) in [5.41, 5.74) is 0.962. The second-order valence-corrected chi connectivity index (χ2v) is 8.68. The Morgan fingerprint density at radius 2 is 1.67 bits per heavy atom. The normalized spacial score (nSPS) is 18.7. The lowest BCUT2D eigenvalue weighted by atomic mass is 10.2. The molecule has 3 rings (SSSR count). The third-order valence-electron chi connectivity index (χ3n) is 3.86. The molecule has 0 bridgehead atoms. The molecular weight excluding hydrogens is 391 g/mol. The highest BCUT2D eigenvalue weighted by Gasteiger charge is 2.35. The number of hydrogen-bond acceptors (Lipinski definition) is 3. The number of nitrogens with one attached hydrogen (secondary N) is 1. The van der Waals surface area contributed by atoms with Gasteiger partial charge in [-0.15, -0.1) is 0 Å². The van der Waals surface area contributed by atoms with Gasteiger partial charge in [-0.25, -0.2) is 8.42 Å². The lowest BCUT2D eigenvalue weighted by molar-refractivity contribution is 0.474. The van der Waals surface area contributed by atoms with Crippen LogP contribution >= 0.6 is 34.8 Å². The van der Waals surface area contributed by atoms with E-state index in [4.69, 9.17) is 34.8 Å². The molecule has 0 amide bonds. The number of anilines is 1. The number of para-hydroxylation sites is 1. The van der Waals surface area contributed by atoms with E-state index in [1.165, 1.54) is 16.4 Å². The molecule has 1 aliphatic rings. The van der Waals surface area contributed by atoms with E-state index in [0.29, 0.717) is 24.5 Å². The first-order valence-electron chi connectivity index (χ1n) is 7.34. The van der Waals surface area contributed by atoms with Crippen molar-refractivity contribution in [1.29, 1.82) is 0 Å². The van der Waals surface area contributed by atoms with E-state index in [-0.39, 0.29) is 21.0 Å². The van der Waals surface area contributed by atoms with E-state index < -0.39 is 10.0 Å². The average molecular weight is 406 g/mol. The molecule has 1 unspecified atom stereocenters. The van der Waals surface area contributed by atoms with Crippen LogP contribution in [0.15, 0.2) is 47.4 Å². The summed E-state index contributed by atoms with van der Waals surface area (Å²) in [7, 11) is -3.77. The number of hydrogen-bond donors (Lipinski definition) is 1. The van der Waals surface area contributed by atoms with Gasteiger partial charge in [-0.1, -0.05) is 53.0 Å². The van der Waals surface area contributed by atoms with Crippen molar-refractivity contribution < 1.29 is 8.42 Å². The van der Waals surface area contributed by atoms with Crippen LogP contribution in [0.25, 0.3) is 0 Å². The van der Waals surface area contributed by atoms with E-state index in [0.717, 1.165) is 5.69 Å². The van der Waals surface area contributed by atoms with Crippen LogP contribution in [0.5, 0.6) is 0 Å². The van der Waals surface area contributed by atoms with E-state index in [1.807, 2.05) is 30.3 Å². The molecule has 2 aromatic rings. The Morgan fingerprint density at radius 1 is 1.04 bits per heavy atom. The molecule has 1 N–H and O–H groups in total. The molecule has 1 heterocycles. The van der Waals surface area contributed by atoms with Crippen molar-refractivity contribution in [3.63, 3.8) is 0 Å². The topological polar surface area (TPSA) is 49.4 Å². The van der Waals surface area contributed by atoms with Crippen molar-refractivity contribution in [1.82, 2.24) is 4.31 Å². The minimum absolute atomic E-state index is 0.0342. The molecule has 0 spiro atoms. The van der Waals surface area contributed by atoms with E-state index in [2.05, 4.69) is 5.32 Å². The highest BCUT2D eigenvalue weighted by molar-refractivity contribution is 7.89. The molecule has 1 saturated heterocycles. The summed E-state index contributed by atoms with van der Waals surface area (Å²) in [4.78, 5) is -0.0874. The largest absolute Gasteiger partial charge is 0.381 e. The summed E-state index contributed by atoms with van der Waals surface area (Å²) in [5, 5.41) is 3.71. The quantitative estimate of drug-likeness (QED) is 0.813. The Bertz CT molecular complexity index is 821. The van der Waals surface area contributed by atoms with Crippen LogP contribution in [-0.2, 0) is 10.0 Å². The zero-order valence-corrected chi connectivity index (χ0v) is 15.6. The zero-order valence-electron chi connectivity index (χ0n) is 12.5. The SMILES string of the molecule is O=S(=O)(c1c(Cl)cc(Cl)cc1Cl)N1CCC(Nc2ccccc2)C1. The maximum atomic E-state index is 12.9. The Morgan fingerprint density at radius 3 is 2.29 bits per heavy atom. The molecule has 0 aliphatic carbocycles. The van der Waals surface area contributed by atoms with Crippen LogP contribution < -0.4 is 5.32 Å². The maximum absolute atomic E-state index is 12.9. The van der Waals surface area contributed by atoms with Crippen molar-refractivity contribution >= 4 is 50.5 Å². The van der Waals surface area contributed by atoms with Gasteiger partial charge in [0, 0.05) is 29.8 Å². The number of nitrogens with zero attached hydrogens (tertiary/aromatic N) is 1. The number of rotatable bonds is 4. The van der Waals surface area contributed by atoms with Gasteiger partial charge < -0.3 is 5.32 Å². The smallest absolute Gasteiger partial charge is 0.246 e. The van der Waals surface area contributed by atoms with Crippen LogP contribution in [-0.4, -0.2) is 31.9 Å². The summed E-state index contributed by atoms with van der Waals surface area (Å²) in [5.74, 6) is 0. The van der Waals surface area contributed by atoms with Crippen LogP contribution in [0.2, 0.25) is 15.1 Å². The fourth-order valence-corrected chi connectivity index (χ4v) is 5.73. The van der Waals surface area contributed by atoms with Crippen molar-refractivity contribution in [2.45, 2.75) is 17.4 Å². The Kier molecular flexibility index (Phi) is 5.27.